The number of esters is 2. The zero-order chi connectivity index (χ0) is 18.6. The maximum atomic E-state index is 12.2. The van der Waals surface area contributed by atoms with E-state index in [0.717, 1.165) is 0 Å². The molecular formula is C16H16Cl2N2O5. The van der Waals surface area contributed by atoms with E-state index >= 15 is 0 Å². The molecule has 0 spiro atoms. The summed E-state index contributed by atoms with van der Waals surface area (Å²) in [6.45, 7) is 3.16. The smallest absolute Gasteiger partial charge is 0.338 e. The van der Waals surface area contributed by atoms with Gasteiger partial charge in [0.1, 0.15) is 6.61 Å². The highest BCUT2D eigenvalue weighted by Crippen LogP contribution is 2.20. The fraction of sp³-hybridized carbons (Fsp3) is 0.312. The Labute approximate surface area is 154 Å². The van der Waals surface area contributed by atoms with E-state index in [4.69, 9.17) is 32.7 Å². The molecule has 2 amide bonds. The number of hydrogen-bond donors (Lipinski definition) is 2. The van der Waals surface area contributed by atoms with Gasteiger partial charge in [0, 0.05) is 10.0 Å². The monoisotopic (exact) mass is 386 g/mol. The summed E-state index contributed by atoms with van der Waals surface area (Å²) in [7, 11) is 0. The number of rotatable bonds is 5. The molecule has 0 bridgehead atoms. The molecule has 134 valence electrons. The van der Waals surface area contributed by atoms with Crippen LogP contribution >= 0.6 is 23.2 Å². The minimum absolute atomic E-state index is 0.157. The van der Waals surface area contributed by atoms with E-state index in [-0.39, 0.29) is 40.1 Å². The van der Waals surface area contributed by atoms with Crippen LogP contribution in [0.15, 0.2) is 29.5 Å². The van der Waals surface area contributed by atoms with Crippen molar-refractivity contribution < 1.29 is 23.9 Å². The van der Waals surface area contributed by atoms with Crippen molar-refractivity contribution in [3.8, 4) is 0 Å². The zero-order valence-corrected chi connectivity index (χ0v) is 15.0. The number of nitrogens with one attached hydrogen (secondary N) is 2. The first-order valence-electron chi connectivity index (χ1n) is 7.42. The first-order chi connectivity index (χ1) is 11.8. The summed E-state index contributed by atoms with van der Waals surface area (Å²) in [6.07, 6.45) is 0. The predicted molar refractivity (Wildman–Crippen MR) is 91.5 cm³/mol. The van der Waals surface area contributed by atoms with E-state index in [1.165, 1.54) is 18.2 Å². The van der Waals surface area contributed by atoms with Crippen LogP contribution in [0.2, 0.25) is 10.0 Å². The Kier molecular flexibility index (Phi) is 6.27. The van der Waals surface area contributed by atoms with Crippen molar-refractivity contribution in [2.45, 2.75) is 19.9 Å². The van der Waals surface area contributed by atoms with Crippen molar-refractivity contribution in [1.29, 1.82) is 0 Å². The van der Waals surface area contributed by atoms with Crippen LogP contribution in [-0.4, -0.2) is 37.2 Å². The topological polar surface area (TPSA) is 93.7 Å². The van der Waals surface area contributed by atoms with E-state index in [0.29, 0.717) is 0 Å². The second-order valence-electron chi connectivity index (χ2n) is 5.17. The molecule has 0 aliphatic carbocycles. The average molecular weight is 387 g/mol. The van der Waals surface area contributed by atoms with Gasteiger partial charge in [-0.3, -0.25) is 0 Å². The van der Waals surface area contributed by atoms with Crippen molar-refractivity contribution >= 4 is 41.2 Å². The van der Waals surface area contributed by atoms with E-state index < -0.39 is 24.0 Å². The van der Waals surface area contributed by atoms with E-state index in [2.05, 4.69) is 10.6 Å². The maximum Gasteiger partial charge on any atom is 0.338 e. The van der Waals surface area contributed by atoms with Gasteiger partial charge >= 0.3 is 18.0 Å². The lowest BCUT2D eigenvalue weighted by molar-refractivity contribution is -0.139. The molecule has 0 saturated carbocycles. The summed E-state index contributed by atoms with van der Waals surface area (Å²) < 4.78 is 10.1. The van der Waals surface area contributed by atoms with Gasteiger partial charge < -0.3 is 20.1 Å². The highest BCUT2D eigenvalue weighted by atomic mass is 35.5. The van der Waals surface area contributed by atoms with Gasteiger partial charge in [-0.05, 0) is 32.0 Å². The molecule has 1 aliphatic rings. The molecule has 0 fully saturated rings. The van der Waals surface area contributed by atoms with Crippen LogP contribution in [0.25, 0.3) is 0 Å². The molecule has 1 unspecified atom stereocenters. The van der Waals surface area contributed by atoms with Crippen LogP contribution in [-0.2, 0) is 14.3 Å². The fourth-order valence-electron chi connectivity index (χ4n) is 2.29. The van der Waals surface area contributed by atoms with Gasteiger partial charge in [0.25, 0.3) is 0 Å². The maximum absolute atomic E-state index is 12.2. The van der Waals surface area contributed by atoms with Crippen molar-refractivity contribution in [2.75, 3.05) is 13.2 Å². The van der Waals surface area contributed by atoms with Crippen molar-refractivity contribution in [3.05, 3.63) is 45.1 Å². The number of benzene rings is 1. The lowest BCUT2D eigenvalue weighted by Crippen LogP contribution is -2.50. The van der Waals surface area contributed by atoms with Gasteiger partial charge in [0.05, 0.1) is 29.5 Å². The molecule has 1 aliphatic heterocycles. The summed E-state index contributed by atoms with van der Waals surface area (Å²) in [6, 6.07) is 3.20. The Morgan fingerprint density at radius 2 is 1.76 bits per heavy atom. The Hall–Kier alpha value is -2.25. The lowest BCUT2D eigenvalue weighted by atomic mass is 10.0. The molecule has 2 rings (SSSR count). The van der Waals surface area contributed by atoms with Crippen LogP contribution < -0.4 is 10.6 Å². The lowest BCUT2D eigenvalue weighted by Gasteiger charge is -2.26. The third kappa shape index (κ3) is 4.87. The summed E-state index contributed by atoms with van der Waals surface area (Å²) in [5.74, 6) is -1.29. The minimum atomic E-state index is -0.694. The van der Waals surface area contributed by atoms with Gasteiger partial charge in [0.15, 0.2) is 0 Å². The molecule has 2 N–H and O–H groups in total. The van der Waals surface area contributed by atoms with Gasteiger partial charge in [-0.2, -0.15) is 0 Å². The van der Waals surface area contributed by atoms with Gasteiger partial charge in [-0.25, -0.2) is 14.4 Å². The second kappa shape index (κ2) is 8.22. The molecule has 1 aromatic rings. The van der Waals surface area contributed by atoms with Crippen LogP contribution in [0.3, 0.4) is 0 Å². The zero-order valence-electron chi connectivity index (χ0n) is 13.5. The van der Waals surface area contributed by atoms with Crippen LogP contribution in [0.4, 0.5) is 4.79 Å². The highest BCUT2D eigenvalue weighted by molar-refractivity contribution is 6.35. The van der Waals surface area contributed by atoms with Crippen molar-refractivity contribution in [3.63, 3.8) is 0 Å². The molecule has 9 heteroatoms. The van der Waals surface area contributed by atoms with Crippen LogP contribution in [0.1, 0.15) is 24.2 Å². The second-order valence-corrected chi connectivity index (χ2v) is 6.04. The molecule has 7 nitrogen and oxygen atoms in total. The Morgan fingerprint density at radius 1 is 1.12 bits per heavy atom. The van der Waals surface area contributed by atoms with E-state index in [9.17, 15) is 14.4 Å². The van der Waals surface area contributed by atoms with Crippen molar-refractivity contribution in [1.82, 2.24) is 10.6 Å². The summed E-state index contributed by atoms with van der Waals surface area (Å²) in [5, 5.41) is 5.59. The molecule has 1 heterocycles. The largest absolute Gasteiger partial charge is 0.463 e. The first-order valence-corrected chi connectivity index (χ1v) is 8.18. The number of carbonyl (C=O) groups is 3. The quantitative estimate of drug-likeness (QED) is 0.758. The average Bonchev–Trinajstić information content (AvgIpc) is 2.51. The summed E-state index contributed by atoms with van der Waals surface area (Å²) >= 11 is 11.7. The number of halogens is 2. The molecule has 0 saturated heterocycles. The number of hydrogen-bond acceptors (Lipinski definition) is 5. The predicted octanol–water partition coefficient (Wildman–Crippen LogP) is 2.67. The summed E-state index contributed by atoms with van der Waals surface area (Å²) in [5.41, 5.74) is 0.513. The fourth-order valence-corrected chi connectivity index (χ4v) is 2.81. The molecule has 0 radical (unpaired) electrons. The van der Waals surface area contributed by atoms with Gasteiger partial charge in [-0.15, -0.1) is 0 Å². The molecule has 1 atom stereocenters. The normalized spacial score (nSPS) is 16.8. The van der Waals surface area contributed by atoms with Crippen LogP contribution in [0, 0.1) is 0 Å². The van der Waals surface area contributed by atoms with Gasteiger partial charge in [0.2, 0.25) is 0 Å². The number of amides is 2. The SMILES string of the molecule is CCOC(=O)C1=C(COC(=O)c2cc(Cl)cc(Cl)c2)NC(=O)NC1C. The molecule has 0 aromatic heterocycles. The van der Waals surface area contributed by atoms with Crippen LogP contribution in [0.5, 0.6) is 0 Å². The third-order valence-electron chi connectivity index (χ3n) is 3.31. The Balaban J connectivity index is 2.19. The highest BCUT2D eigenvalue weighted by Gasteiger charge is 2.30. The molecular weight excluding hydrogens is 371 g/mol. The van der Waals surface area contributed by atoms with Crippen molar-refractivity contribution in [2.24, 2.45) is 0 Å². The first kappa shape index (κ1) is 19.1. The Morgan fingerprint density at radius 3 is 2.36 bits per heavy atom. The third-order valence-corrected chi connectivity index (χ3v) is 3.75. The molecule has 1 aromatic carbocycles. The number of carbonyl (C=O) groups excluding carboxylic acids is 3. The van der Waals surface area contributed by atoms with E-state index in [1.807, 2.05) is 0 Å². The van der Waals surface area contributed by atoms with E-state index in [1.54, 1.807) is 13.8 Å². The number of ether oxygens (including phenoxy) is 2. The molecule has 25 heavy (non-hydrogen) atoms. The standard InChI is InChI=1S/C16H16Cl2N2O5/c1-3-24-15(22)13-8(2)19-16(23)20-12(13)7-25-14(21)9-4-10(17)6-11(18)5-9/h4-6,8H,3,7H2,1-2H3,(H2,19,20,23). The number of urea groups is 1. The van der Waals surface area contributed by atoms with Gasteiger partial charge in [-0.1, -0.05) is 23.2 Å². The Bertz CT molecular complexity index is 728. The summed E-state index contributed by atoms with van der Waals surface area (Å²) in [4.78, 5) is 35.9. The minimum Gasteiger partial charge on any atom is -0.463 e.